The van der Waals surface area contributed by atoms with Crippen molar-refractivity contribution in [3.05, 3.63) is 11.8 Å². The molecule has 0 aromatic heterocycles. The average Bonchev–Trinajstić information content (AvgIpc) is 1.65. The van der Waals surface area contributed by atoms with E-state index in [0.29, 0.717) is 0 Å². The lowest BCUT2D eigenvalue weighted by Gasteiger charge is -1.84. The lowest BCUT2D eigenvalue weighted by Crippen LogP contribution is -2.15. The minimum absolute atomic E-state index is 0.153. The molecule has 2 N–H and O–H groups in total. The number of primary amides is 1. The van der Waals surface area contributed by atoms with Gasteiger partial charge < -0.3 is 9.84 Å². The minimum atomic E-state index is -1.06. The fourth-order valence-corrected chi connectivity index (χ4v) is 0.140. The summed E-state index contributed by atoms with van der Waals surface area (Å²) < 4.78 is 11.3. The van der Waals surface area contributed by atoms with Gasteiger partial charge in [-0.1, -0.05) is 6.58 Å². The number of carbonyl (C=O) groups is 1. The van der Waals surface area contributed by atoms with Crippen LogP contribution in [0.5, 0.6) is 0 Å². The Balaban J connectivity index is 3.58. The smallest absolute Gasteiger partial charge is 0.338 e. The Kier molecular flexibility index (Phi) is 2.29. The number of carbonyl (C=O) groups excluding carboxylic acids is 1. The van der Waals surface area contributed by atoms with Crippen molar-refractivity contribution in [2.75, 3.05) is 0 Å². The standard InChI is InChI=1S/C3H4FNOSi/c1-2(7-4)3(5)6/h1H2,(H2,5,6). The third-order valence-corrected chi connectivity index (χ3v) is 0.886. The summed E-state index contributed by atoms with van der Waals surface area (Å²) in [6.07, 6.45) is 0. The number of halogens is 1. The molecule has 0 heterocycles. The van der Waals surface area contributed by atoms with Crippen LogP contribution in [0, 0.1) is 0 Å². The molecular weight excluding hydrogens is 113 g/mol. The van der Waals surface area contributed by atoms with Crippen molar-refractivity contribution < 1.29 is 8.90 Å². The van der Waals surface area contributed by atoms with Crippen molar-refractivity contribution >= 4 is 15.8 Å². The zero-order valence-corrected chi connectivity index (χ0v) is 4.57. The van der Waals surface area contributed by atoms with Crippen LogP contribution in [0.2, 0.25) is 0 Å². The Morgan fingerprint density at radius 1 is 1.86 bits per heavy atom. The summed E-state index contributed by atoms with van der Waals surface area (Å²) in [6.45, 7) is 3.04. The van der Waals surface area contributed by atoms with Gasteiger partial charge in [0.1, 0.15) is 0 Å². The summed E-state index contributed by atoms with van der Waals surface area (Å²) in [5, 5.41) is -0.153. The van der Waals surface area contributed by atoms with Gasteiger partial charge in [0.15, 0.2) is 0 Å². The molecular formula is C3H4FNOSi. The molecule has 2 nitrogen and oxygen atoms in total. The number of hydrogen-bond acceptors (Lipinski definition) is 1. The van der Waals surface area contributed by atoms with Crippen molar-refractivity contribution in [3.8, 4) is 0 Å². The monoisotopic (exact) mass is 117 g/mol. The van der Waals surface area contributed by atoms with Gasteiger partial charge in [-0.3, -0.25) is 4.79 Å². The molecule has 38 valence electrons. The summed E-state index contributed by atoms with van der Waals surface area (Å²) in [5.74, 6) is -0.763. The third-order valence-electron chi connectivity index (χ3n) is 0.411. The number of nitrogens with two attached hydrogens (primary N) is 1. The zero-order chi connectivity index (χ0) is 5.86. The van der Waals surface area contributed by atoms with E-state index in [1.165, 1.54) is 0 Å². The summed E-state index contributed by atoms with van der Waals surface area (Å²) in [4.78, 5) is 9.82. The second-order valence-electron chi connectivity index (χ2n) is 0.937. The Hall–Kier alpha value is -0.643. The van der Waals surface area contributed by atoms with E-state index in [4.69, 9.17) is 0 Å². The van der Waals surface area contributed by atoms with Gasteiger partial charge in [0.05, 0.1) is 0 Å². The highest BCUT2D eigenvalue weighted by atomic mass is 28.3. The van der Waals surface area contributed by atoms with E-state index in [9.17, 15) is 8.90 Å². The Labute approximate surface area is 43.2 Å². The molecule has 0 rings (SSSR count). The highest BCUT2D eigenvalue weighted by Gasteiger charge is 2.00. The van der Waals surface area contributed by atoms with Crippen LogP contribution in [0.1, 0.15) is 0 Å². The second-order valence-corrected chi connectivity index (χ2v) is 1.73. The van der Waals surface area contributed by atoms with Crippen LogP contribution in [0.3, 0.4) is 0 Å². The van der Waals surface area contributed by atoms with Crippen LogP contribution in [0.25, 0.3) is 0 Å². The number of rotatable bonds is 2. The van der Waals surface area contributed by atoms with Crippen LogP contribution in [-0.2, 0) is 4.79 Å². The molecule has 0 atom stereocenters. The highest BCUT2D eigenvalue weighted by Crippen LogP contribution is 1.81. The second kappa shape index (κ2) is 2.52. The molecule has 4 heteroatoms. The van der Waals surface area contributed by atoms with Gasteiger partial charge in [-0.15, -0.1) is 0 Å². The average molecular weight is 117 g/mol. The van der Waals surface area contributed by atoms with Gasteiger partial charge in [0.2, 0.25) is 5.91 Å². The van der Waals surface area contributed by atoms with Crippen LogP contribution in [0.4, 0.5) is 4.11 Å². The summed E-state index contributed by atoms with van der Waals surface area (Å²) >= 11 is 0. The molecule has 7 heavy (non-hydrogen) atoms. The van der Waals surface area contributed by atoms with Gasteiger partial charge in [-0.05, 0) is 0 Å². The molecule has 0 bridgehead atoms. The molecule has 0 fully saturated rings. The molecule has 0 aliphatic rings. The normalized spacial score (nSPS) is 8.14. The first-order valence-electron chi connectivity index (χ1n) is 1.54. The first-order chi connectivity index (χ1) is 3.18. The topological polar surface area (TPSA) is 43.1 Å². The van der Waals surface area contributed by atoms with Crippen molar-refractivity contribution in [2.24, 2.45) is 5.73 Å². The predicted octanol–water partition coefficient (Wildman–Crippen LogP) is -0.426. The molecule has 0 saturated heterocycles. The fourth-order valence-electron chi connectivity index (χ4n) is 0.0466. The maximum atomic E-state index is 11.3. The molecule has 0 aliphatic heterocycles. The van der Waals surface area contributed by atoms with Gasteiger partial charge in [0.25, 0.3) is 0 Å². The van der Waals surface area contributed by atoms with Gasteiger partial charge >= 0.3 is 9.85 Å². The summed E-state index contributed by atoms with van der Waals surface area (Å²) in [7, 11) is -1.06. The van der Waals surface area contributed by atoms with E-state index in [-0.39, 0.29) is 5.20 Å². The van der Waals surface area contributed by atoms with Crippen LogP contribution in [0.15, 0.2) is 11.8 Å². The maximum absolute atomic E-state index is 11.3. The lowest BCUT2D eigenvalue weighted by atomic mass is 10.6. The van der Waals surface area contributed by atoms with E-state index in [1.807, 2.05) is 0 Å². The van der Waals surface area contributed by atoms with E-state index >= 15 is 0 Å². The van der Waals surface area contributed by atoms with E-state index in [1.54, 1.807) is 0 Å². The molecule has 0 aliphatic carbocycles. The lowest BCUT2D eigenvalue weighted by molar-refractivity contribution is -0.114. The van der Waals surface area contributed by atoms with Crippen molar-refractivity contribution in [2.45, 2.75) is 0 Å². The van der Waals surface area contributed by atoms with Gasteiger partial charge in [0, 0.05) is 5.20 Å². The molecule has 2 radical (unpaired) electrons. The van der Waals surface area contributed by atoms with E-state index in [0.717, 1.165) is 0 Å². The Bertz CT molecular complexity index is 103. The zero-order valence-electron chi connectivity index (χ0n) is 3.57. The van der Waals surface area contributed by atoms with Gasteiger partial charge in [-0.25, -0.2) is 0 Å². The minimum Gasteiger partial charge on any atom is -0.366 e. The van der Waals surface area contributed by atoms with Crippen LogP contribution in [-0.4, -0.2) is 15.8 Å². The van der Waals surface area contributed by atoms with E-state index in [2.05, 4.69) is 12.3 Å². The Morgan fingerprint density at radius 2 is 2.29 bits per heavy atom. The molecule has 0 spiro atoms. The molecule has 0 aromatic carbocycles. The SMILES string of the molecule is C=C([Si]F)C(N)=O. The largest absolute Gasteiger partial charge is 0.366 e. The molecule has 0 saturated carbocycles. The number of amides is 1. The predicted molar refractivity (Wildman–Crippen MR) is 25.2 cm³/mol. The molecule has 1 amide bonds. The van der Waals surface area contributed by atoms with Gasteiger partial charge in [-0.2, -0.15) is 0 Å². The summed E-state index contributed by atoms with van der Waals surface area (Å²) in [5.41, 5.74) is 4.57. The quantitative estimate of drug-likeness (QED) is 0.298. The Morgan fingerprint density at radius 3 is 2.29 bits per heavy atom. The van der Waals surface area contributed by atoms with Crippen molar-refractivity contribution in [1.29, 1.82) is 0 Å². The maximum Gasteiger partial charge on any atom is 0.338 e. The van der Waals surface area contributed by atoms with Crippen molar-refractivity contribution in [3.63, 3.8) is 0 Å². The highest BCUT2D eigenvalue weighted by molar-refractivity contribution is 6.47. The number of hydrogen-bond donors (Lipinski definition) is 1. The first-order valence-corrected chi connectivity index (χ1v) is 2.41. The fraction of sp³-hybridized carbons (Fsp3) is 0. The van der Waals surface area contributed by atoms with Crippen LogP contribution >= 0.6 is 0 Å². The third kappa shape index (κ3) is 2.10. The molecule has 0 unspecified atom stereocenters. The molecule has 0 aromatic rings. The van der Waals surface area contributed by atoms with Crippen LogP contribution < -0.4 is 5.73 Å². The van der Waals surface area contributed by atoms with E-state index < -0.39 is 15.8 Å². The van der Waals surface area contributed by atoms with Crippen molar-refractivity contribution in [1.82, 2.24) is 0 Å². The first kappa shape index (κ1) is 6.36. The summed E-state index contributed by atoms with van der Waals surface area (Å²) in [6, 6.07) is 0.